The molecule has 0 aliphatic carbocycles. The van der Waals surface area contributed by atoms with E-state index < -0.39 is 0 Å². The lowest BCUT2D eigenvalue weighted by atomic mass is 9.76. The number of aromatic amines is 1. The number of anilines is 1. The smallest absolute Gasteiger partial charge is 0.123 e. The van der Waals surface area contributed by atoms with Crippen LogP contribution in [-0.2, 0) is 10.8 Å². The zero-order chi connectivity index (χ0) is 24.9. The molecule has 3 aromatic rings. The molecule has 3 rings (SSSR count). The average Bonchev–Trinajstić information content (AvgIpc) is 3.22. The van der Waals surface area contributed by atoms with E-state index in [0.29, 0.717) is 24.6 Å². The quantitative estimate of drug-likeness (QED) is 0.321. The SMILES string of the molecule is CCC(C)(C)c1ccc(OCCOc2cccc(-c3c[nH]c(N)c3C#N)c2)c(C(C)(C)CC)c1. The Hall–Kier alpha value is -3.39. The molecule has 2 aromatic carbocycles. The van der Waals surface area contributed by atoms with Gasteiger partial charge in [0.2, 0.25) is 0 Å². The number of aromatic nitrogens is 1. The summed E-state index contributed by atoms with van der Waals surface area (Å²) >= 11 is 0. The first kappa shape index (κ1) is 25.2. The second kappa shape index (κ2) is 10.3. The van der Waals surface area contributed by atoms with Crippen molar-refractivity contribution in [1.82, 2.24) is 4.98 Å². The van der Waals surface area contributed by atoms with Gasteiger partial charge in [0.05, 0.1) is 0 Å². The fraction of sp³-hybridized carbons (Fsp3) is 0.414. The molecule has 0 radical (unpaired) electrons. The largest absolute Gasteiger partial charge is 0.490 e. The second-order valence-electron chi connectivity index (χ2n) is 10.0. The van der Waals surface area contributed by atoms with E-state index in [1.807, 2.05) is 24.3 Å². The summed E-state index contributed by atoms with van der Waals surface area (Å²) in [5.74, 6) is 2.01. The minimum atomic E-state index is 0.0151. The Morgan fingerprint density at radius 1 is 0.941 bits per heavy atom. The third-order valence-electron chi connectivity index (χ3n) is 7.04. The molecule has 1 aromatic heterocycles. The number of hydrogen-bond acceptors (Lipinski definition) is 4. The summed E-state index contributed by atoms with van der Waals surface area (Å²) in [5, 5.41) is 9.38. The molecule has 0 amide bonds. The van der Waals surface area contributed by atoms with E-state index in [4.69, 9.17) is 15.2 Å². The maximum Gasteiger partial charge on any atom is 0.123 e. The van der Waals surface area contributed by atoms with E-state index in [9.17, 15) is 5.26 Å². The van der Waals surface area contributed by atoms with Gasteiger partial charge in [0.25, 0.3) is 0 Å². The Bertz CT molecular complexity index is 1170. The van der Waals surface area contributed by atoms with Crippen molar-refractivity contribution in [3.05, 3.63) is 65.4 Å². The van der Waals surface area contributed by atoms with Crippen LogP contribution in [0.2, 0.25) is 0 Å². The van der Waals surface area contributed by atoms with Gasteiger partial charge in [-0.2, -0.15) is 5.26 Å². The minimum Gasteiger partial charge on any atom is -0.490 e. The maximum atomic E-state index is 9.38. The summed E-state index contributed by atoms with van der Waals surface area (Å²) in [6.07, 6.45) is 3.85. The molecule has 0 fully saturated rings. The first-order chi connectivity index (χ1) is 16.1. The molecule has 1 heterocycles. The lowest BCUT2D eigenvalue weighted by molar-refractivity contribution is 0.213. The van der Waals surface area contributed by atoms with E-state index in [1.54, 1.807) is 6.20 Å². The van der Waals surface area contributed by atoms with Crippen molar-refractivity contribution in [3.8, 4) is 28.7 Å². The zero-order valence-electron chi connectivity index (χ0n) is 21.3. The van der Waals surface area contributed by atoms with Crippen molar-refractivity contribution >= 4 is 5.82 Å². The van der Waals surface area contributed by atoms with Gasteiger partial charge in [0.1, 0.15) is 42.2 Å². The number of nitrogens with zero attached hydrogens (tertiary/aromatic N) is 1. The molecule has 34 heavy (non-hydrogen) atoms. The van der Waals surface area contributed by atoms with E-state index in [2.05, 4.69) is 70.8 Å². The van der Waals surface area contributed by atoms with Gasteiger partial charge in [-0.15, -0.1) is 0 Å². The molecule has 0 saturated carbocycles. The molecule has 0 saturated heterocycles. The van der Waals surface area contributed by atoms with Crippen molar-refractivity contribution in [2.45, 2.75) is 65.2 Å². The number of hydrogen-bond donors (Lipinski definition) is 2. The highest BCUT2D eigenvalue weighted by Gasteiger charge is 2.26. The summed E-state index contributed by atoms with van der Waals surface area (Å²) in [7, 11) is 0. The average molecular weight is 460 g/mol. The van der Waals surface area contributed by atoms with Crippen LogP contribution in [0.1, 0.15) is 71.1 Å². The molecule has 0 spiro atoms. The molecule has 5 nitrogen and oxygen atoms in total. The molecule has 0 aliphatic rings. The number of benzene rings is 2. The zero-order valence-corrected chi connectivity index (χ0v) is 21.3. The second-order valence-corrected chi connectivity index (χ2v) is 10.0. The van der Waals surface area contributed by atoms with E-state index in [1.165, 1.54) is 11.1 Å². The van der Waals surface area contributed by atoms with Gasteiger partial charge in [-0.3, -0.25) is 0 Å². The molecule has 3 N–H and O–H groups in total. The van der Waals surface area contributed by atoms with Crippen LogP contribution in [0.4, 0.5) is 5.82 Å². The molecule has 0 aliphatic heterocycles. The van der Waals surface area contributed by atoms with Gasteiger partial charge in [0.15, 0.2) is 0 Å². The van der Waals surface area contributed by atoms with Crippen LogP contribution in [0.3, 0.4) is 0 Å². The summed E-state index contributed by atoms with van der Waals surface area (Å²) in [5.41, 5.74) is 10.7. The lowest BCUT2D eigenvalue weighted by Crippen LogP contribution is -2.22. The van der Waals surface area contributed by atoms with Crippen molar-refractivity contribution in [3.63, 3.8) is 0 Å². The van der Waals surface area contributed by atoms with Crippen LogP contribution in [0.15, 0.2) is 48.7 Å². The molecule has 5 heteroatoms. The third-order valence-corrected chi connectivity index (χ3v) is 7.04. The van der Waals surface area contributed by atoms with Crippen molar-refractivity contribution in [2.75, 3.05) is 18.9 Å². The van der Waals surface area contributed by atoms with Crippen LogP contribution >= 0.6 is 0 Å². The standard InChI is InChI=1S/C29H37N3O2/c1-7-28(3,4)21-12-13-26(25(17-21)29(5,6)8-2)34-15-14-33-22-11-9-10-20(16-22)24-19-32-27(31)23(24)18-30/h9-13,16-17,19,32H,7-8,14-15,31H2,1-6H3. The van der Waals surface area contributed by atoms with Gasteiger partial charge in [-0.25, -0.2) is 0 Å². The Morgan fingerprint density at radius 3 is 2.32 bits per heavy atom. The Labute approximate surface area is 203 Å². The van der Waals surface area contributed by atoms with Gasteiger partial charge >= 0.3 is 0 Å². The monoisotopic (exact) mass is 459 g/mol. The predicted octanol–water partition coefficient (Wildman–Crippen LogP) is 6.97. The van der Waals surface area contributed by atoms with Crippen molar-refractivity contribution in [1.29, 1.82) is 5.26 Å². The third kappa shape index (κ3) is 5.39. The normalized spacial score (nSPS) is 11.8. The van der Waals surface area contributed by atoms with Gasteiger partial charge < -0.3 is 20.2 Å². The molecule has 180 valence electrons. The van der Waals surface area contributed by atoms with Crippen LogP contribution in [0.25, 0.3) is 11.1 Å². The van der Waals surface area contributed by atoms with Crippen LogP contribution in [-0.4, -0.2) is 18.2 Å². The number of rotatable bonds is 10. The molecule has 0 bridgehead atoms. The van der Waals surface area contributed by atoms with Crippen LogP contribution in [0.5, 0.6) is 11.5 Å². The number of nitrogens with one attached hydrogen (secondary N) is 1. The molecule has 0 unspecified atom stereocenters. The van der Waals surface area contributed by atoms with E-state index >= 15 is 0 Å². The maximum absolute atomic E-state index is 9.38. The van der Waals surface area contributed by atoms with Crippen molar-refractivity contribution < 1.29 is 9.47 Å². The number of nitrogens with two attached hydrogens (primary N) is 1. The highest BCUT2D eigenvalue weighted by molar-refractivity contribution is 5.76. The van der Waals surface area contributed by atoms with Crippen LogP contribution < -0.4 is 15.2 Å². The number of ether oxygens (including phenoxy) is 2. The highest BCUT2D eigenvalue weighted by atomic mass is 16.5. The van der Waals surface area contributed by atoms with Gasteiger partial charge in [-0.05, 0) is 53.0 Å². The fourth-order valence-corrected chi connectivity index (χ4v) is 3.85. The fourth-order valence-electron chi connectivity index (χ4n) is 3.85. The Kier molecular flexibility index (Phi) is 7.61. The Balaban J connectivity index is 1.71. The first-order valence-corrected chi connectivity index (χ1v) is 12.0. The lowest BCUT2D eigenvalue weighted by Gasteiger charge is -2.30. The topological polar surface area (TPSA) is 84.1 Å². The summed E-state index contributed by atoms with van der Waals surface area (Å²) in [6, 6.07) is 16.4. The summed E-state index contributed by atoms with van der Waals surface area (Å²) in [6.45, 7) is 14.4. The minimum absolute atomic E-state index is 0.0151. The van der Waals surface area contributed by atoms with Crippen molar-refractivity contribution in [2.24, 2.45) is 0 Å². The number of nitriles is 1. The van der Waals surface area contributed by atoms with Gasteiger partial charge in [-0.1, -0.05) is 65.8 Å². The molecular formula is C29H37N3O2. The van der Waals surface area contributed by atoms with E-state index in [-0.39, 0.29) is 10.8 Å². The molecule has 0 atom stereocenters. The summed E-state index contributed by atoms with van der Waals surface area (Å²) < 4.78 is 12.2. The molecular weight excluding hydrogens is 422 g/mol. The van der Waals surface area contributed by atoms with Gasteiger partial charge in [0, 0.05) is 17.3 Å². The highest BCUT2D eigenvalue weighted by Crippen LogP contribution is 2.38. The van der Waals surface area contributed by atoms with Crippen LogP contribution in [0, 0.1) is 11.3 Å². The number of H-pyrrole nitrogens is 1. The summed E-state index contributed by atoms with van der Waals surface area (Å²) in [4.78, 5) is 2.91. The Morgan fingerprint density at radius 2 is 1.65 bits per heavy atom. The van der Waals surface area contributed by atoms with E-state index in [0.717, 1.165) is 35.5 Å². The number of nitrogen functional groups attached to an aromatic ring is 1. The predicted molar refractivity (Wildman–Crippen MR) is 139 cm³/mol. The first-order valence-electron chi connectivity index (χ1n) is 12.0.